The van der Waals surface area contributed by atoms with E-state index in [4.69, 9.17) is 0 Å². The first kappa shape index (κ1) is 12.2. The Balaban J connectivity index is 1.64. The van der Waals surface area contributed by atoms with Crippen LogP contribution in [0.15, 0.2) is 11.4 Å². The number of hydrogen-bond donors (Lipinski definition) is 1. The first-order valence-corrected chi connectivity index (χ1v) is 7.65. The average Bonchev–Trinajstić information content (AvgIpc) is 2.84. The molecule has 0 bridgehead atoms. The van der Waals surface area contributed by atoms with Crippen molar-refractivity contribution >= 4 is 17.2 Å². The molecule has 0 saturated carbocycles. The van der Waals surface area contributed by atoms with Gasteiger partial charge in [0.05, 0.1) is 0 Å². The molecule has 2 saturated heterocycles. The summed E-state index contributed by atoms with van der Waals surface area (Å²) in [4.78, 5) is 15.5. The highest BCUT2D eigenvalue weighted by Crippen LogP contribution is 2.27. The van der Waals surface area contributed by atoms with Crippen LogP contribution in [-0.4, -0.2) is 29.9 Å². The number of thiophene rings is 1. The second-order valence-corrected chi connectivity index (χ2v) is 6.55. The minimum atomic E-state index is 0.247. The van der Waals surface area contributed by atoms with Gasteiger partial charge in [-0.05, 0) is 42.7 Å². The minimum absolute atomic E-state index is 0.247. The standard InChI is InChI=1S/C14H20N2OS/c1-10-5-6-18-13(10)9-16-7-11-3-2-4-14(17)15-12(11)8-16/h5-6,11-12H,2-4,7-9H2,1H3,(H,15,17)/t11-,12+/m1/s1. The first-order chi connectivity index (χ1) is 8.72. The van der Waals surface area contributed by atoms with E-state index in [0.717, 1.165) is 32.5 Å². The summed E-state index contributed by atoms with van der Waals surface area (Å²) in [6.07, 6.45) is 2.97. The van der Waals surface area contributed by atoms with Gasteiger partial charge >= 0.3 is 0 Å². The van der Waals surface area contributed by atoms with Crippen molar-refractivity contribution in [3.63, 3.8) is 0 Å². The Hall–Kier alpha value is -0.870. The number of likely N-dealkylation sites (tertiary alicyclic amines) is 1. The lowest BCUT2D eigenvalue weighted by atomic mass is 9.99. The van der Waals surface area contributed by atoms with Crippen molar-refractivity contribution in [3.8, 4) is 0 Å². The zero-order valence-corrected chi connectivity index (χ0v) is 11.6. The molecule has 2 atom stereocenters. The topological polar surface area (TPSA) is 32.3 Å². The number of aryl methyl sites for hydroxylation is 1. The van der Waals surface area contributed by atoms with Gasteiger partial charge < -0.3 is 5.32 Å². The normalized spacial score (nSPS) is 28.8. The predicted octanol–water partition coefficient (Wildman–Crippen LogP) is 2.16. The fourth-order valence-corrected chi connectivity index (χ4v) is 4.07. The van der Waals surface area contributed by atoms with Gasteiger partial charge in [-0.2, -0.15) is 0 Å². The van der Waals surface area contributed by atoms with Crippen LogP contribution in [0.25, 0.3) is 0 Å². The highest BCUT2D eigenvalue weighted by molar-refractivity contribution is 7.10. The molecule has 0 aliphatic carbocycles. The molecule has 4 heteroatoms. The van der Waals surface area contributed by atoms with Gasteiger partial charge in [0.15, 0.2) is 0 Å². The third-order valence-corrected chi connectivity index (χ3v) is 5.18. The number of amides is 1. The molecule has 0 spiro atoms. The molecule has 1 aromatic rings. The Labute approximate surface area is 112 Å². The van der Waals surface area contributed by atoms with Crippen LogP contribution in [-0.2, 0) is 11.3 Å². The van der Waals surface area contributed by atoms with E-state index >= 15 is 0 Å². The molecule has 0 unspecified atom stereocenters. The Morgan fingerprint density at radius 1 is 1.50 bits per heavy atom. The van der Waals surface area contributed by atoms with Crippen LogP contribution in [0.1, 0.15) is 29.7 Å². The summed E-state index contributed by atoms with van der Waals surface area (Å²) in [6.45, 7) is 5.39. The maximum atomic E-state index is 11.6. The quantitative estimate of drug-likeness (QED) is 0.888. The molecule has 2 aliphatic rings. The van der Waals surface area contributed by atoms with E-state index in [-0.39, 0.29) is 5.91 Å². The van der Waals surface area contributed by atoms with Gasteiger partial charge in [0.1, 0.15) is 0 Å². The second-order valence-electron chi connectivity index (χ2n) is 5.55. The van der Waals surface area contributed by atoms with Crippen molar-refractivity contribution in [1.29, 1.82) is 0 Å². The van der Waals surface area contributed by atoms with E-state index in [1.165, 1.54) is 16.9 Å². The zero-order valence-electron chi connectivity index (χ0n) is 10.8. The van der Waals surface area contributed by atoms with Gasteiger partial charge in [0, 0.05) is 37.0 Å². The van der Waals surface area contributed by atoms with Crippen molar-refractivity contribution in [2.45, 2.75) is 38.8 Å². The predicted molar refractivity (Wildman–Crippen MR) is 73.6 cm³/mol. The van der Waals surface area contributed by atoms with Crippen molar-refractivity contribution < 1.29 is 4.79 Å². The lowest BCUT2D eigenvalue weighted by Crippen LogP contribution is -2.38. The summed E-state index contributed by atoms with van der Waals surface area (Å²) in [7, 11) is 0. The number of carbonyl (C=O) groups is 1. The Kier molecular flexibility index (Phi) is 3.39. The van der Waals surface area contributed by atoms with Gasteiger partial charge in [-0.3, -0.25) is 9.69 Å². The summed E-state index contributed by atoms with van der Waals surface area (Å²) in [5.74, 6) is 0.911. The zero-order chi connectivity index (χ0) is 12.5. The fourth-order valence-electron chi connectivity index (χ4n) is 3.12. The minimum Gasteiger partial charge on any atom is -0.352 e. The largest absolute Gasteiger partial charge is 0.352 e. The molecule has 1 aromatic heterocycles. The summed E-state index contributed by atoms with van der Waals surface area (Å²) in [5, 5.41) is 5.36. The van der Waals surface area contributed by atoms with Crippen LogP contribution in [0.3, 0.4) is 0 Å². The van der Waals surface area contributed by atoms with Crippen LogP contribution in [0.4, 0.5) is 0 Å². The van der Waals surface area contributed by atoms with Gasteiger partial charge in [-0.1, -0.05) is 0 Å². The highest BCUT2D eigenvalue weighted by atomic mass is 32.1. The molecule has 2 fully saturated rings. The third kappa shape index (κ3) is 2.45. The van der Waals surface area contributed by atoms with Crippen LogP contribution in [0.2, 0.25) is 0 Å². The summed E-state index contributed by atoms with van der Waals surface area (Å²) in [5.41, 5.74) is 1.40. The molecular formula is C14H20N2OS. The van der Waals surface area contributed by atoms with E-state index < -0.39 is 0 Å². The number of carbonyl (C=O) groups excluding carboxylic acids is 1. The van der Waals surface area contributed by atoms with E-state index in [2.05, 4.69) is 28.6 Å². The summed E-state index contributed by atoms with van der Waals surface area (Å²) >= 11 is 1.85. The molecule has 2 aliphatic heterocycles. The van der Waals surface area contributed by atoms with Crippen LogP contribution in [0, 0.1) is 12.8 Å². The van der Waals surface area contributed by atoms with Crippen molar-refractivity contribution in [2.24, 2.45) is 5.92 Å². The molecule has 1 N–H and O–H groups in total. The van der Waals surface area contributed by atoms with Gasteiger partial charge in [0.2, 0.25) is 5.91 Å². The van der Waals surface area contributed by atoms with Crippen LogP contribution in [0.5, 0.6) is 0 Å². The number of nitrogens with zero attached hydrogens (tertiary/aromatic N) is 1. The molecule has 3 rings (SSSR count). The molecule has 3 heterocycles. The van der Waals surface area contributed by atoms with Gasteiger partial charge in [0.25, 0.3) is 0 Å². The third-order valence-electron chi connectivity index (χ3n) is 4.18. The molecule has 98 valence electrons. The lowest BCUT2D eigenvalue weighted by molar-refractivity contribution is -0.121. The highest BCUT2D eigenvalue weighted by Gasteiger charge is 2.35. The molecular weight excluding hydrogens is 244 g/mol. The van der Waals surface area contributed by atoms with E-state index in [0.29, 0.717) is 12.0 Å². The van der Waals surface area contributed by atoms with Gasteiger partial charge in [-0.25, -0.2) is 0 Å². The number of nitrogens with one attached hydrogen (secondary N) is 1. The van der Waals surface area contributed by atoms with Crippen LogP contribution < -0.4 is 5.32 Å². The SMILES string of the molecule is Cc1ccsc1CN1C[C@H]2CCCC(=O)N[C@H]2C1. The van der Waals surface area contributed by atoms with Crippen molar-refractivity contribution in [1.82, 2.24) is 10.2 Å². The second kappa shape index (κ2) is 5.02. The van der Waals surface area contributed by atoms with Gasteiger partial charge in [-0.15, -0.1) is 11.3 Å². The molecule has 0 radical (unpaired) electrons. The maximum absolute atomic E-state index is 11.6. The van der Waals surface area contributed by atoms with E-state index in [1.54, 1.807) is 0 Å². The molecule has 3 nitrogen and oxygen atoms in total. The summed E-state index contributed by atoms with van der Waals surface area (Å²) < 4.78 is 0. The lowest BCUT2D eigenvalue weighted by Gasteiger charge is -2.16. The van der Waals surface area contributed by atoms with Crippen LogP contribution >= 0.6 is 11.3 Å². The number of rotatable bonds is 2. The maximum Gasteiger partial charge on any atom is 0.220 e. The number of fused-ring (bicyclic) bond motifs is 1. The molecule has 0 aromatic carbocycles. The Bertz CT molecular complexity index is 443. The molecule has 18 heavy (non-hydrogen) atoms. The molecule has 1 amide bonds. The smallest absolute Gasteiger partial charge is 0.220 e. The fraction of sp³-hybridized carbons (Fsp3) is 0.643. The first-order valence-electron chi connectivity index (χ1n) is 6.77. The van der Waals surface area contributed by atoms with E-state index in [1.807, 2.05) is 11.3 Å². The Morgan fingerprint density at radius 3 is 3.17 bits per heavy atom. The summed E-state index contributed by atoms with van der Waals surface area (Å²) in [6, 6.07) is 2.58. The van der Waals surface area contributed by atoms with Crippen molar-refractivity contribution in [2.75, 3.05) is 13.1 Å². The number of hydrogen-bond acceptors (Lipinski definition) is 3. The monoisotopic (exact) mass is 264 g/mol. The Morgan fingerprint density at radius 2 is 2.39 bits per heavy atom. The van der Waals surface area contributed by atoms with Crippen molar-refractivity contribution in [3.05, 3.63) is 21.9 Å². The van der Waals surface area contributed by atoms with E-state index in [9.17, 15) is 4.79 Å². The average molecular weight is 264 g/mol.